The number of likely N-dealkylation sites (tertiary alicyclic amines) is 1. The van der Waals surface area contributed by atoms with E-state index in [0.717, 1.165) is 31.7 Å². The average Bonchev–Trinajstić information content (AvgIpc) is 3.54. The van der Waals surface area contributed by atoms with Crippen LogP contribution in [0.25, 0.3) is 0 Å². The average molecular weight is 593 g/mol. The largest absolute Gasteiger partial charge is 0.479 e. The molecule has 11 heteroatoms. The third-order valence-electron chi connectivity index (χ3n) is 9.06. The van der Waals surface area contributed by atoms with Gasteiger partial charge in [-0.25, -0.2) is 14.4 Å². The number of furan rings is 1. The number of nitrogens with zero attached hydrogens (tertiary/aromatic N) is 2. The smallest absolute Gasteiger partial charge is 0.345 e. The number of aliphatic hydroxyl groups is 2. The SMILES string of the molecule is O=C(O)[C@H](O)[C@@H](O)C(=O)O.O=C(Oc1ccc2c(c1)[C@]13CCCC[C@H]1[C@H](C2)N(CCc1ccco1)CC3)c1cccnc1. The van der Waals surface area contributed by atoms with Crippen molar-refractivity contribution in [2.45, 2.75) is 68.6 Å². The summed E-state index contributed by atoms with van der Waals surface area (Å²) < 4.78 is 11.4. The highest BCUT2D eigenvalue weighted by Crippen LogP contribution is 2.56. The molecule has 0 unspecified atom stereocenters. The number of ether oxygens (including phenoxy) is 1. The Morgan fingerprint density at radius 3 is 2.51 bits per heavy atom. The lowest BCUT2D eigenvalue weighted by atomic mass is 9.52. The van der Waals surface area contributed by atoms with Gasteiger partial charge in [0, 0.05) is 36.8 Å². The van der Waals surface area contributed by atoms with Gasteiger partial charge in [0.15, 0.2) is 12.2 Å². The van der Waals surface area contributed by atoms with Gasteiger partial charge >= 0.3 is 17.9 Å². The molecule has 3 aliphatic rings. The van der Waals surface area contributed by atoms with Gasteiger partial charge in [-0.15, -0.1) is 0 Å². The van der Waals surface area contributed by atoms with E-state index in [4.69, 9.17) is 29.6 Å². The fourth-order valence-corrected chi connectivity index (χ4v) is 7.03. The minimum Gasteiger partial charge on any atom is -0.479 e. The Morgan fingerprint density at radius 1 is 1.05 bits per heavy atom. The zero-order valence-corrected chi connectivity index (χ0v) is 23.7. The molecule has 228 valence electrons. The van der Waals surface area contributed by atoms with Crippen LogP contribution in [0.15, 0.2) is 65.5 Å². The maximum Gasteiger partial charge on any atom is 0.345 e. The normalized spacial score (nSPS) is 23.9. The van der Waals surface area contributed by atoms with Crippen LogP contribution < -0.4 is 4.74 Å². The molecule has 0 radical (unpaired) electrons. The number of piperidine rings is 1. The molecule has 0 amide bonds. The van der Waals surface area contributed by atoms with Crippen molar-refractivity contribution in [3.63, 3.8) is 0 Å². The Hall–Kier alpha value is -4.06. The minimum atomic E-state index is -2.27. The highest BCUT2D eigenvalue weighted by molar-refractivity contribution is 5.90. The second-order valence-corrected chi connectivity index (χ2v) is 11.4. The van der Waals surface area contributed by atoms with Crippen LogP contribution in [0.1, 0.15) is 59.3 Å². The molecule has 0 spiro atoms. The van der Waals surface area contributed by atoms with E-state index in [0.29, 0.717) is 23.3 Å². The van der Waals surface area contributed by atoms with E-state index in [1.165, 1.54) is 43.2 Å². The molecule has 1 saturated carbocycles. The van der Waals surface area contributed by atoms with Gasteiger partial charge in [0.1, 0.15) is 11.5 Å². The molecule has 4 N–H and O–H groups in total. The van der Waals surface area contributed by atoms with Crippen LogP contribution in [0.4, 0.5) is 0 Å². The molecule has 2 fully saturated rings. The topological polar surface area (TPSA) is 171 Å². The number of carbonyl (C=O) groups is 3. The molecule has 2 aliphatic carbocycles. The molecule has 5 atom stereocenters. The van der Waals surface area contributed by atoms with E-state index in [1.54, 1.807) is 30.8 Å². The fraction of sp³-hybridized carbons (Fsp3) is 0.438. The molecule has 2 bridgehead atoms. The van der Waals surface area contributed by atoms with E-state index >= 15 is 0 Å². The van der Waals surface area contributed by atoms with Gasteiger partial charge in [-0.05, 0) is 85.7 Å². The van der Waals surface area contributed by atoms with Crippen LogP contribution in [0.3, 0.4) is 0 Å². The van der Waals surface area contributed by atoms with Crippen molar-refractivity contribution in [2.24, 2.45) is 5.92 Å². The summed E-state index contributed by atoms with van der Waals surface area (Å²) in [4.78, 5) is 38.9. The monoisotopic (exact) mass is 592 g/mol. The molecule has 3 aromatic rings. The zero-order valence-electron chi connectivity index (χ0n) is 23.7. The Balaban J connectivity index is 0.000000319. The van der Waals surface area contributed by atoms with Gasteiger partial charge < -0.3 is 29.6 Å². The van der Waals surface area contributed by atoms with Gasteiger partial charge in [0.25, 0.3) is 0 Å². The summed E-state index contributed by atoms with van der Waals surface area (Å²) in [5.74, 6) is -1.48. The molecular weight excluding hydrogens is 556 g/mol. The summed E-state index contributed by atoms with van der Waals surface area (Å²) in [6, 6.07) is 14.5. The number of hydrogen-bond acceptors (Lipinski definition) is 9. The third kappa shape index (κ3) is 6.48. The number of rotatable bonds is 8. The summed E-state index contributed by atoms with van der Waals surface area (Å²) >= 11 is 0. The summed E-state index contributed by atoms with van der Waals surface area (Å²) in [5, 5.41) is 32.5. The number of pyridine rings is 1. The lowest BCUT2D eigenvalue weighted by Crippen LogP contribution is -2.61. The predicted octanol–water partition coefficient (Wildman–Crippen LogP) is 3.07. The first-order chi connectivity index (χ1) is 20.7. The number of benzene rings is 1. The Bertz CT molecular complexity index is 1410. The first-order valence-corrected chi connectivity index (χ1v) is 14.5. The van der Waals surface area contributed by atoms with Crippen molar-refractivity contribution in [3.05, 3.63) is 83.6 Å². The highest BCUT2D eigenvalue weighted by Gasteiger charge is 2.53. The van der Waals surface area contributed by atoms with Crippen molar-refractivity contribution in [2.75, 3.05) is 13.1 Å². The van der Waals surface area contributed by atoms with Crippen LogP contribution in [0.5, 0.6) is 5.75 Å². The summed E-state index contributed by atoms with van der Waals surface area (Å²) in [7, 11) is 0. The molecule has 3 heterocycles. The van der Waals surface area contributed by atoms with Crippen LogP contribution >= 0.6 is 0 Å². The predicted molar refractivity (Wildman–Crippen MR) is 153 cm³/mol. The van der Waals surface area contributed by atoms with E-state index < -0.39 is 24.1 Å². The second-order valence-electron chi connectivity index (χ2n) is 11.4. The first kappa shape index (κ1) is 30.4. The lowest BCUT2D eigenvalue weighted by Gasteiger charge is -2.59. The van der Waals surface area contributed by atoms with Crippen molar-refractivity contribution < 1.29 is 44.0 Å². The van der Waals surface area contributed by atoms with E-state index in [2.05, 4.69) is 28.1 Å². The Morgan fingerprint density at radius 2 is 1.84 bits per heavy atom. The van der Waals surface area contributed by atoms with Crippen molar-refractivity contribution >= 4 is 17.9 Å². The van der Waals surface area contributed by atoms with Crippen LogP contribution in [-0.2, 0) is 27.8 Å². The summed E-state index contributed by atoms with van der Waals surface area (Å²) in [5.41, 5.74) is 3.57. The lowest BCUT2D eigenvalue weighted by molar-refractivity contribution is -0.165. The number of carbonyl (C=O) groups excluding carboxylic acids is 1. The van der Waals surface area contributed by atoms with E-state index in [9.17, 15) is 14.4 Å². The summed E-state index contributed by atoms with van der Waals surface area (Å²) in [6.45, 7) is 2.18. The van der Waals surface area contributed by atoms with Crippen molar-refractivity contribution in [1.29, 1.82) is 0 Å². The van der Waals surface area contributed by atoms with Crippen LogP contribution in [0.2, 0.25) is 0 Å². The molecular formula is C32H36N2O9. The number of aliphatic hydroxyl groups excluding tert-OH is 2. The first-order valence-electron chi connectivity index (χ1n) is 14.5. The molecule has 43 heavy (non-hydrogen) atoms. The van der Waals surface area contributed by atoms with Gasteiger partial charge in [0.05, 0.1) is 11.8 Å². The molecule has 2 aromatic heterocycles. The summed E-state index contributed by atoms with van der Waals surface area (Å²) in [6.07, 6.45) is 8.83. The van der Waals surface area contributed by atoms with Gasteiger partial charge in [-0.1, -0.05) is 18.9 Å². The quantitative estimate of drug-likeness (QED) is 0.224. The van der Waals surface area contributed by atoms with Crippen LogP contribution in [0, 0.1) is 5.92 Å². The number of hydrogen-bond donors (Lipinski definition) is 4. The number of carboxylic acids is 2. The van der Waals surface area contributed by atoms with E-state index in [1.807, 2.05) is 12.1 Å². The Labute approximate surface area is 248 Å². The minimum absolute atomic E-state index is 0.217. The van der Waals surface area contributed by atoms with Gasteiger partial charge in [0.2, 0.25) is 0 Å². The van der Waals surface area contributed by atoms with E-state index in [-0.39, 0.29) is 11.4 Å². The third-order valence-corrected chi connectivity index (χ3v) is 9.06. The molecule has 1 saturated heterocycles. The van der Waals surface area contributed by atoms with Gasteiger partial charge in [-0.3, -0.25) is 9.88 Å². The standard InChI is InChI=1S/C28H30N2O3.C4H6O6/c31-27(21-5-3-13-29-19-21)33-23-9-8-20-17-26-24-7-1-2-11-28(24,25(20)18-23)12-15-30(26)14-10-22-6-4-16-32-22;5-1(3(7)8)2(6)4(9)10/h3-6,8-9,13,16,18-19,24,26H,1-2,7,10-12,14-15,17H2;1-2,5-6H,(H,7,8)(H,9,10)/t24-,26-,28-;1-,2-/m01/s1. The molecule has 6 rings (SSSR count). The molecule has 11 nitrogen and oxygen atoms in total. The molecule has 1 aromatic carbocycles. The highest BCUT2D eigenvalue weighted by atomic mass is 16.5. The number of fused-ring (bicyclic) bond motifs is 1. The fourth-order valence-electron chi connectivity index (χ4n) is 7.03. The second kappa shape index (κ2) is 13.1. The van der Waals surface area contributed by atoms with Gasteiger partial charge in [-0.2, -0.15) is 0 Å². The molecule has 1 aliphatic heterocycles. The maximum absolute atomic E-state index is 12.6. The van der Waals surface area contributed by atoms with Crippen molar-refractivity contribution in [3.8, 4) is 5.75 Å². The Kier molecular flexibility index (Phi) is 9.24. The maximum atomic E-state index is 12.6. The number of carboxylic acid groups (broad SMARTS) is 2. The van der Waals surface area contributed by atoms with Crippen molar-refractivity contribution in [1.82, 2.24) is 9.88 Å². The number of esters is 1. The zero-order chi connectivity index (χ0) is 30.6. The number of aromatic nitrogens is 1. The van der Waals surface area contributed by atoms with Crippen LogP contribution in [-0.4, -0.2) is 79.6 Å². The number of aliphatic carboxylic acids is 2.